The first-order valence-corrected chi connectivity index (χ1v) is 9.78. The third kappa shape index (κ3) is 4.57. The minimum absolute atomic E-state index is 0.0321. The van der Waals surface area contributed by atoms with E-state index in [4.69, 9.17) is 0 Å². The summed E-state index contributed by atoms with van der Waals surface area (Å²) in [6, 6.07) is 7.14. The molecule has 0 radical (unpaired) electrons. The zero-order valence-electron chi connectivity index (χ0n) is 16.3. The molecule has 138 valence electrons. The number of hydrogen-bond donors (Lipinski definition) is 1. The predicted molar refractivity (Wildman–Crippen MR) is 105 cm³/mol. The number of rotatable bonds is 2. The lowest BCUT2D eigenvalue weighted by Crippen LogP contribution is -2.55. The van der Waals surface area contributed by atoms with Crippen LogP contribution in [0.3, 0.4) is 0 Å². The maximum Gasteiger partial charge on any atom is 0.255 e. The van der Waals surface area contributed by atoms with Crippen LogP contribution in [0, 0.1) is 12.3 Å². The fraction of sp³-hybridized carbons (Fsp3) is 0.600. The summed E-state index contributed by atoms with van der Waals surface area (Å²) in [5.74, 6) is 0.493. The molecule has 0 saturated carbocycles. The lowest BCUT2D eigenvalue weighted by Gasteiger charge is -2.37. The van der Waals surface area contributed by atoms with Gasteiger partial charge in [0.05, 0.1) is 5.37 Å². The molecule has 4 nitrogen and oxygen atoms in total. The second-order valence-corrected chi connectivity index (χ2v) is 9.95. The number of aryl methyl sites for hydroxylation is 1. The van der Waals surface area contributed by atoms with E-state index in [0.717, 1.165) is 5.56 Å². The number of nitrogens with one attached hydrogen (secondary N) is 1. The molecule has 2 atom stereocenters. The Morgan fingerprint density at radius 1 is 1.12 bits per heavy atom. The smallest absolute Gasteiger partial charge is 0.255 e. The lowest BCUT2D eigenvalue weighted by atomic mass is 9.93. The van der Waals surface area contributed by atoms with Crippen molar-refractivity contribution in [2.45, 2.75) is 65.4 Å². The zero-order chi connectivity index (χ0) is 19.0. The topological polar surface area (TPSA) is 49.4 Å². The number of thioether (sulfide) groups is 1. The largest absolute Gasteiger partial charge is 0.350 e. The van der Waals surface area contributed by atoms with Gasteiger partial charge in [0, 0.05) is 16.9 Å². The summed E-state index contributed by atoms with van der Waals surface area (Å²) in [6.07, 6.45) is 0. The molecular weight excluding hydrogens is 332 g/mol. The molecule has 0 aliphatic carbocycles. The van der Waals surface area contributed by atoms with Crippen LogP contribution in [-0.4, -0.2) is 39.4 Å². The van der Waals surface area contributed by atoms with Gasteiger partial charge in [-0.25, -0.2) is 0 Å². The fourth-order valence-electron chi connectivity index (χ4n) is 3.03. The second kappa shape index (κ2) is 7.02. The third-order valence-electron chi connectivity index (χ3n) is 4.15. The molecule has 25 heavy (non-hydrogen) atoms. The standard InChI is InChI=1S/C20H30N2O2S/c1-13-10-8-9-11-14(13)17(24)22-15(16(23)21-20(5,6)7)12-25-18(22)19(2,3)4/h8-11,15,18H,12H2,1-7H3,(H,21,23)/t15-,18+/m1/s1. The van der Waals surface area contributed by atoms with Crippen LogP contribution in [0.25, 0.3) is 0 Å². The van der Waals surface area contributed by atoms with Crippen LogP contribution in [0.1, 0.15) is 57.5 Å². The van der Waals surface area contributed by atoms with Gasteiger partial charge in [0.25, 0.3) is 5.91 Å². The molecule has 0 spiro atoms. The van der Waals surface area contributed by atoms with Gasteiger partial charge in [-0.05, 0) is 44.7 Å². The summed E-state index contributed by atoms with van der Waals surface area (Å²) >= 11 is 1.69. The number of amides is 2. The Balaban J connectivity index is 2.39. The van der Waals surface area contributed by atoms with Crippen LogP contribution in [0.5, 0.6) is 0 Å². The normalized spacial score (nSPS) is 21.3. The maximum atomic E-state index is 13.3. The lowest BCUT2D eigenvalue weighted by molar-refractivity contribution is -0.126. The molecule has 0 aromatic heterocycles. The number of benzene rings is 1. The van der Waals surface area contributed by atoms with Crippen molar-refractivity contribution in [3.63, 3.8) is 0 Å². The minimum Gasteiger partial charge on any atom is -0.350 e. The molecular formula is C20H30N2O2S. The molecule has 2 rings (SSSR count). The van der Waals surface area contributed by atoms with Gasteiger partial charge < -0.3 is 10.2 Å². The van der Waals surface area contributed by atoms with Gasteiger partial charge in [-0.1, -0.05) is 39.0 Å². The van der Waals surface area contributed by atoms with E-state index in [0.29, 0.717) is 11.3 Å². The first kappa shape index (κ1) is 19.8. The van der Waals surface area contributed by atoms with Crippen molar-refractivity contribution in [2.75, 3.05) is 5.75 Å². The predicted octanol–water partition coefficient (Wildman–Crippen LogP) is 3.84. The Hall–Kier alpha value is -1.49. The highest BCUT2D eigenvalue weighted by molar-refractivity contribution is 8.00. The van der Waals surface area contributed by atoms with Gasteiger partial charge in [0.2, 0.25) is 5.91 Å². The average Bonchev–Trinajstić information content (AvgIpc) is 2.90. The Kier molecular flexibility index (Phi) is 5.57. The van der Waals surface area contributed by atoms with Gasteiger partial charge in [-0.2, -0.15) is 0 Å². The van der Waals surface area contributed by atoms with E-state index in [9.17, 15) is 9.59 Å². The van der Waals surface area contributed by atoms with Crippen molar-refractivity contribution in [2.24, 2.45) is 5.41 Å². The van der Waals surface area contributed by atoms with Crippen LogP contribution in [-0.2, 0) is 4.79 Å². The molecule has 1 aliphatic rings. The van der Waals surface area contributed by atoms with Crippen LogP contribution >= 0.6 is 11.8 Å². The minimum atomic E-state index is -0.444. The van der Waals surface area contributed by atoms with Crippen molar-refractivity contribution < 1.29 is 9.59 Å². The highest BCUT2D eigenvalue weighted by atomic mass is 32.2. The van der Waals surface area contributed by atoms with E-state index in [2.05, 4.69) is 26.1 Å². The van der Waals surface area contributed by atoms with Crippen LogP contribution in [0.15, 0.2) is 24.3 Å². The van der Waals surface area contributed by atoms with Crippen LogP contribution in [0.2, 0.25) is 0 Å². The third-order valence-corrected chi connectivity index (χ3v) is 5.91. The Morgan fingerprint density at radius 3 is 2.24 bits per heavy atom. The summed E-state index contributed by atoms with van der Waals surface area (Å²) in [5, 5.41) is 3.01. The highest BCUT2D eigenvalue weighted by Crippen LogP contribution is 2.41. The molecule has 1 aliphatic heterocycles. The van der Waals surface area contributed by atoms with Gasteiger partial charge in [0.1, 0.15) is 6.04 Å². The number of hydrogen-bond acceptors (Lipinski definition) is 3. The molecule has 2 amide bonds. The summed E-state index contributed by atoms with van der Waals surface area (Å²) < 4.78 is 0. The highest BCUT2D eigenvalue weighted by Gasteiger charge is 2.47. The first-order chi connectivity index (χ1) is 11.4. The van der Waals surface area contributed by atoms with E-state index in [1.807, 2.05) is 52.0 Å². The van der Waals surface area contributed by atoms with Crippen molar-refractivity contribution in [3.05, 3.63) is 35.4 Å². The molecule has 1 fully saturated rings. The van der Waals surface area contributed by atoms with Gasteiger partial charge in [-0.3, -0.25) is 9.59 Å². The van der Waals surface area contributed by atoms with E-state index in [1.165, 1.54) is 0 Å². The van der Waals surface area contributed by atoms with Crippen molar-refractivity contribution in [1.82, 2.24) is 10.2 Å². The van der Waals surface area contributed by atoms with Gasteiger partial charge in [-0.15, -0.1) is 11.8 Å². The fourth-order valence-corrected chi connectivity index (χ4v) is 4.61. The SMILES string of the molecule is Cc1ccccc1C(=O)N1[C@@H](C(=O)NC(C)(C)C)CS[C@H]1C(C)(C)C. The summed E-state index contributed by atoms with van der Waals surface area (Å²) in [5.41, 5.74) is 1.18. The van der Waals surface area contributed by atoms with Crippen molar-refractivity contribution >= 4 is 23.6 Å². The van der Waals surface area contributed by atoms with E-state index in [1.54, 1.807) is 16.7 Å². The zero-order valence-corrected chi connectivity index (χ0v) is 17.2. The van der Waals surface area contributed by atoms with Gasteiger partial charge >= 0.3 is 0 Å². The van der Waals surface area contributed by atoms with E-state index in [-0.39, 0.29) is 28.1 Å². The van der Waals surface area contributed by atoms with Crippen LogP contribution in [0.4, 0.5) is 0 Å². The molecule has 1 heterocycles. The average molecular weight is 363 g/mol. The number of carbonyl (C=O) groups excluding carboxylic acids is 2. The molecule has 1 saturated heterocycles. The number of nitrogens with zero attached hydrogens (tertiary/aromatic N) is 1. The summed E-state index contributed by atoms with van der Waals surface area (Å²) in [6.45, 7) is 14.2. The molecule has 1 aromatic carbocycles. The first-order valence-electron chi connectivity index (χ1n) is 8.74. The van der Waals surface area contributed by atoms with Crippen molar-refractivity contribution in [3.8, 4) is 0 Å². The van der Waals surface area contributed by atoms with Crippen LogP contribution < -0.4 is 5.32 Å². The Labute approximate surface area is 155 Å². The molecule has 1 N–H and O–H groups in total. The quantitative estimate of drug-likeness (QED) is 0.870. The Bertz CT molecular complexity index is 658. The van der Waals surface area contributed by atoms with Gasteiger partial charge in [0.15, 0.2) is 0 Å². The Morgan fingerprint density at radius 2 is 1.72 bits per heavy atom. The van der Waals surface area contributed by atoms with Crippen molar-refractivity contribution in [1.29, 1.82) is 0 Å². The van der Waals surface area contributed by atoms with E-state index >= 15 is 0 Å². The summed E-state index contributed by atoms with van der Waals surface area (Å²) in [4.78, 5) is 28.0. The molecule has 1 aromatic rings. The molecule has 0 bridgehead atoms. The molecule has 0 unspecified atom stereocenters. The maximum absolute atomic E-state index is 13.3. The second-order valence-electron chi connectivity index (χ2n) is 8.83. The molecule has 5 heteroatoms. The number of carbonyl (C=O) groups is 2. The van der Waals surface area contributed by atoms with E-state index < -0.39 is 6.04 Å². The summed E-state index contributed by atoms with van der Waals surface area (Å²) in [7, 11) is 0. The monoisotopic (exact) mass is 362 g/mol.